The molecule has 1 saturated heterocycles. The number of rotatable bonds is 7. The number of hydrogen-bond acceptors (Lipinski definition) is 3. The average molecular weight is 459 g/mol. The van der Waals surface area contributed by atoms with E-state index in [1.807, 2.05) is 6.07 Å². The zero-order chi connectivity index (χ0) is 19.3. The first-order valence-corrected chi connectivity index (χ1v) is 11.3. The van der Waals surface area contributed by atoms with Crippen LogP contribution >= 0.6 is 27.7 Å². The number of carbonyl (C=O) groups excluding carboxylic acids is 1. The molecule has 1 aliphatic rings. The van der Waals surface area contributed by atoms with Gasteiger partial charge in [-0.1, -0.05) is 46.3 Å². The predicted molar refractivity (Wildman–Crippen MR) is 118 cm³/mol. The van der Waals surface area contributed by atoms with Gasteiger partial charge in [0.1, 0.15) is 0 Å². The van der Waals surface area contributed by atoms with E-state index in [-0.39, 0.29) is 12.0 Å². The number of halogens is 1. The van der Waals surface area contributed by atoms with E-state index < -0.39 is 0 Å². The van der Waals surface area contributed by atoms with Gasteiger partial charge in [0, 0.05) is 46.2 Å². The Morgan fingerprint density at radius 2 is 2.04 bits per heavy atom. The molecule has 28 heavy (non-hydrogen) atoms. The van der Waals surface area contributed by atoms with Gasteiger partial charge in [-0.05, 0) is 36.6 Å². The molecule has 146 valence electrons. The highest BCUT2D eigenvalue weighted by Gasteiger charge is 2.16. The summed E-state index contributed by atoms with van der Waals surface area (Å²) in [7, 11) is 0. The van der Waals surface area contributed by atoms with Crippen LogP contribution in [0.25, 0.3) is 10.9 Å². The zero-order valence-corrected chi connectivity index (χ0v) is 18.0. The van der Waals surface area contributed by atoms with Crippen LogP contribution < -0.4 is 5.32 Å². The highest BCUT2D eigenvalue weighted by Crippen LogP contribution is 2.30. The Bertz CT molecular complexity index is 949. The number of para-hydroxylation sites is 1. The molecular weight excluding hydrogens is 436 g/mol. The van der Waals surface area contributed by atoms with Crippen LogP contribution in [0.2, 0.25) is 0 Å². The molecular formula is C22H23BrN2O2S. The third-order valence-electron chi connectivity index (χ3n) is 4.93. The fourth-order valence-corrected chi connectivity index (χ4v) is 4.66. The first-order valence-electron chi connectivity index (χ1n) is 9.52. The third-order valence-corrected chi connectivity index (χ3v) is 6.50. The Kier molecular flexibility index (Phi) is 6.40. The first kappa shape index (κ1) is 19.6. The molecule has 2 heterocycles. The van der Waals surface area contributed by atoms with Crippen LogP contribution in [0.15, 0.2) is 64.1 Å². The Balaban J connectivity index is 1.43. The fourth-order valence-electron chi connectivity index (χ4n) is 3.47. The summed E-state index contributed by atoms with van der Waals surface area (Å²) in [4.78, 5) is 13.4. The molecule has 0 spiro atoms. The van der Waals surface area contributed by atoms with Gasteiger partial charge in [-0.3, -0.25) is 4.79 Å². The van der Waals surface area contributed by atoms with E-state index in [4.69, 9.17) is 4.74 Å². The molecule has 1 N–H and O–H groups in total. The van der Waals surface area contributed by atoms with Crippen LogP contribution in [0.4, 0.5) is 0 Å². The van der Waals surface area contributed by atoms with Crippen molar-refractivity contribution in [2.24, 2.45) is 0 Å². The molecule has 1 aliphatic heterocycles. The van der Waals surface area contributed by atoms with Gasteiger partial charge >= 0.3 is 0 Å². The Morgan fingerprint density at radius 3 is 2.82 bits per heavy atom. The largest absolute Gasteiger partial charge is 0.376 e. The Labute approximate surface area is 177 Å². The van der Waals surface area contributed by atoms with Gasteiger partial charge in [0.15, 0.2) is 0 Å². The Hall–Kier alpha value is -1.76. The van der Waals surface area contributed by atoms with E-state index in [2.05, 4.69) is 74.5 Å². The summed E-state index contributed by atoms with van der Waals surface area (Å²) in [6.07, 6.45) is 4.47. The lowest BCUT2D eigenvalue weighted by Gasteiger charge is -2.10. The molecule has 1 amide bonds. The molecule has 0 unspecified atom stereocenters. The number of hydrogen-bond donors (Lipinski definition) is 1. The second kappa shape index (κ2) is 9.16. The number of nitrogens with one attached hydrogen (secondary N) is 1. The molecule has 4 nitrogen and oxygen atoms in total. The topological polar surface area (TPSA) is 43.3 Å². The molecule has 6 heteroatoms. The van der Waals surface area contributed by atoms with Crippen molar-refractivity contribution in [1.82, 2.24) is 9.88 Å². The quantitative estimate of drug-likeness (QED) is 0.515. The van der Waals surface area contributed by atoms with Crippen molar-refractivity contribution in [2.45, 2.75) is 30.4 Å². The van der Waals surface area contributed by atoms with Crippen LogP contribution in [-0.4, -0.2) is 35.5 Å². The molecule has 1 atom stereocenters. The second-order valence-electron chi connectivity index (χ2n) is 6.99. The number of thioether (sulfide) groups is 1. The van der Waals surface area contributed by atoms with Crippen molar-refractivity contribution in [3.05, 3.63) is 64.8 Å². The van der Waals surface area contributed by atoms with Crippen LogP contribution in [0, 0.1) is 0 Å². The van der Waals surface area contributed by atoms with Gasteiger partial charge in [0.2, 0.25) is 5.91 Å². The number of amides is 1. The van der Waals surface area contributed by atoms with Crippen molar-refractivity contribution >= 4 is 44.5 Å². The van der Waals surface area contributed by atoms with Crippen LogP contribution in [0.3, 0.4) is 0 Å². The van der Waals surface area contributed by atoms with E-state index in [0.717, 1.165) is 35.4 Å². The van der Waals surface area contributed by atoms with Gasteiger partial charge in [-0.25, -0.2) is 0 Å². The number of fused-ring (bicyclic) bond motifs is 1. The molecule has 3 aromatic rings. The van der Waals surface area contributed by atoms with Crippen molar-refractivity contribution < 1.29 is 9.53 Å². The van der Waals surface area contributed by atoms with E-state index in [0.29, 0.717) is 12.3 Å². The maximum absolute atomic E-state index is 12.2. The molecule has 0 bridgehead atoms. The minimum absolute atomic E-state index is 0.0604. The lowest BCUT2D eigenvalue weighted by Crippen LogP contribution is -2.32. The predicted octanol–water partition coefficient (Wildman–Crippen LogP) is 4.84. The Morgan fingerprint density at radius 1 is 1.21 bits per heavy atom. The van der Waals surface area contributed by atoms with Crippen molar-refractivity contribution in [2.75, 3.05) is 18.9 Å². The fraction of sp³-hybridized carbons (Fsp3) is 0.318. The molecule has 1 fully saturated rings. The van der Waals surface area contributed by atoms with Gasteiger partial charge in [0.25, 0.3) is 0 Å². The molecule has 2 aromatic carbocycles. The van der Waals surface area contributed by atoms with Gasteiger partial charge in [0.05, 0.1) is 11.9 Å². The van der Waals surface area contributed by atoms with E-state index >= 15 is 0 Å². The molecule has 4 rings (SSSR count). The minimum Gasteiger partial charge on any atom is -0.376 e. The third kappa shape index (κ3) is 4.80. The summed E-state index contributed by atoms with van der Waals surface area (Å²) in [5.74, 6) is 0.476. The monoisotopic (exact) mass is 458 g/mol. The van der Waals surface area contributed by atoms with E-state index in [1.54, 1.807) is 11.8 Å². The van der Waals surface area contributed by atoms with Gasteiger partial charge in [-0.15, -0.1) is 11.8 Å². The number of benzene rings is 2. The summed E-state index contributed by atoms with van der Waals surface area (Å²) < 4.78 is 8.90. The van der Waals surface area contributed by atoms with Crippen LogP contribution in [0.1, 0.15) is 18.4 Å². The summed E-state index contributed by atoms with van der Waals surface area (Å²) >= 11 is 5.08. The summed E-state index contributed by atoms with van der Waals surface area (Å²) in [6.45, 7) is 2.23. The van der Waals surface area contributed by atoms with Gasteiger partial charge < -0.3 is 14.6 Å². The van der Waals surface area contributed by atoms with Crippen LogP contribution in [0.5, 0.6) is 0 Å². The maximum Gasteiger partial charge on any atom is 0.230 e. The lowest BCUT2D eigenvalue weighted by molar-refractivity contribution is -0.119. The SMILES string of the molecule is O=C(CSc1cn(Cc2ccc(Br)cc2)c2ccccc12)NC[C@@H]1CCCO1. The summed E-state index contributed by atoms with van der Waals surface area (Å²) in [5.41, 5.74) is 2.43. The summed E-state index contributed by atoms with van der Waals surface area (Å²) in [5, 5.41) is 4.19. The number of carbonyl (C=O) groups is 1. The normalized spacial score (nSPS) is 16.5. The van der Waals surface area contributed by atoms with Crippen molar-refractivity contribution in [3.8, 4) is 0 Å². The first-order chi connectivity index (χ1) is 13.7. The molecule has 0 aliphatic carbocycles. The minimum atomic E-state index is 0.0604. The summed E-state index contributed by atoms with van der Waals surface area (Å²) in [6, 6.07) is 16.8. The zero-order valence-electron chi connectivity index (χ0n) is 15.6. The van der Waals surface area contributed by atoms with Crippen molar-refractivity contribution in [3.63, 3.8) is 0 Å². The molecule has 0 radical (unpaired) electrons. The van der Waals surface area contributed by atoms with Gasteiger partial charge in [-0.2, -0.15) is 0 Å². The lowest BCUT2D eigenvalue weighted by atomic mass is 10.2. The maximum atomic E-state index is 12.2. The molecule has 0 saturated carbocycles. The highest BCUT2D eigenvalue weighted by molar-refractivity contribution is 9.10. The second-order valence-corrected chi connectivity index (χ2v) is 8.93. The van der Waals surface area contributed by atoms with Crippen LogP contribution in [-0.2, 0) is 16.1 Å². The number of nitrogens with zero attached hydrogens (tertiary/aromatic N) is 1. The van der Waals surface area contributed by atoms with E-state index in [1.165, 1.54) is 16.5 Å². The van der Waals surface area contributed by atoms with Crippen molar-refractivity contribution in [1.29, 1.82) is 0 Å². The smallest absolute Gasteiger partial charge is 0.230 e. The number of ether oxygens (including phenoxy) is 1. The van der Waals surface area contributed by atoms with E-state index in [9.17, 15) is 4.79 Å². The standard InChI is InChI=1S/C22H23BrN2O2S/c23-17-9-7-16(8-10-17)13-25-14-21(19-5-1-2-6-20(19)25)28-15-22(26)24-12-18-4-3-11-27-18/h1-2,5-10,14,18H,3-4,11-13,15H2,(H,24,26)/t18-/m0/s1. The highest BCUT2D eigenvalue weighted by atomic mass is 79.9. The molecule has 1 aromatic heterocycles. The number of aromatic nitrogens is 1. The average Bonchev–Trinajstić information content (AvgIpc) is 3.35.